The molecule has 0 radical (unpaired) electrons. The Balaban J connectivity index is 1.94. The van der Waals surface area contributed by atoms with E-state index < -0.39 is 0 Å². The first kappa shape index (κ1) is 13.9. The maximum absolute atomic E-state index is 11.3. The molecule has 1 saturated carbocycles. The fourth-order valence-corrected chi connectivity index (χ4v) is 3.38. The van der Waals surface area contributed by atoms with E-state index in [0.29, 0.717) is 11.5 Å². The Labute approximate surface area is 111 Å². The van der Waals surface area contributed by atoms with Crippen molar-refractivity contribution in [3.8, 4) is 0 Å². The number of hydrogen-bond acceptors (Lipinski definition) is 2. The van der Waals surface area contributed by atoms with E-state index in [2.05, 4.69) is 31.0 Å². The summed E-state index contributed by atoms with van der Waals surface area (Å²) in [5.74, 6) is 0.850. The van der Waals surface area contributed by atoms with Crippen LogP contribution in [0, 0.1) is 11.3 Å². The molecule has 1 saturated heterocycles. The van der Waals surface area contributed by atoms with Crippen molar-refractivity contribution in [1.29, 1.82) is 0 Å². The van der Waals surface area contributed by atoms with E-state index in [1.807, 2.05) is 0 Å². The second-order valence-electron chi connectivity index (χ2n) is 7.45. The molecule has 3 heteroatoms. The topological polar surface area (TPSA) is 32.3 Å². The first-order chi connectivity index (χ1) is 8.33. The van der Waals surface area contributed by atoms with Gasteiger partial charge in [-0.1, -0.05) is 20.8 Å². The lowest BCUT2D eigenvalue weighted by Crippen LogP contribution is -2.51. The van der Waals surface area contributed by atoms with Crippen LogP contribution in [0.5, 0.6) is 0 Å². The lowest BCUT2D eigenvalue weighted by atomic mass is 9.80. The van der Waals surface area contributed by atoms with Crippen LogP contribution in [0.1, 0.15) is 53.4 Å². The van der Waals surface area contributed by atoms with Crippen molar-refractivity contribution in [2.24, 2.45) is 11.3 Å². The van der Waals surface area contributed by atoms with Crippen molar-refractivity contribution in [3.63, 3.8) is 0 Å². The summed E-state index contributed by atoms with van der Waals surface area (Å²) in [5, 5.41) is 3.13. The van der Waals surface area contributed by atoms with Crippen molar-refractivity contribution >= 4 is 5.91 Å². The molecular formula is C15H28N2O. The van der Waals surface area contributed by atoms with Gasteiger partial charge in [0.1, 0.15) is 0 Å². The number of likely N-dealkylation sites (tertiary alicyclic amines) is 1. The summed E-state index contributed by atoms with van der Waals surface area (Å²) < 4.78 is 0. The van der Waals surface area contributed by atoms with Crippen molar-refractivity contribution in [2.45, 2.75) is 65.5 Å². The number of hydrogen-bond donors (Lipinski definition) is 1. The SMILES string of the molecule is CC(=O)NC1CC(CC(C)(C)C)CN(C2CC2)C1. The van der Waals surface area contributed by atoms with Gasteiger partial charge in [-0.2, -0.15) is 0 Å². The Hall–Kier alpha value is -0.570. The van der Waals surface area contributed by atoms with Gasteiger partial charge in [0.05, 0.1) is 0 Å². The summed E-state index contributed by atoms with van der Waals surface area (Å²) in [5.41, 5.74) is 0.387. The zero-order chi connectivity index (χ0) is 13.3. The van der Waals surface area contributed by atoms with Crippen LogP contribution >= 0.6 is 0 Å². The predicted molar refractivity (Wildman–Crippen MR) is 74.4 cm³/mol. The molecule has 2 rings (SSSR count). The second kappa shape index (κ2) is 5.20. The van der Waals surface area contributed by atoms with Crippen molar-refractivity contribution in [1.82, 2.24) is 10.2 Å². The molecule has 0 aromatic heterocycles. The van der Waals surface area contributed by atoms with Gasteiger partial charge < -0.3 is 5.32 Å². The number of carbonyl (C=O) groups is 1. The van der Waals surface area contributed by atoms with Gasteiger partial charge in [-0.05, 0) is 37.0 Å². The highest BCUT2D eigenvalue weighted by Crippen LogP contribution is 2.35. The van der Waals surface area contributed by atoms with Crippen LogP contribution in [0.2, 0.25) is 0 Å². The Bertz CT molecular complexity index is 304. The second-order valence-corrected chi connectivity index (χ2v) is 7.45. The number of nitrogens with one attached hydrogen (secondary N) is 1. The Morgan fingerprint density at radius 1 is 1.28 bits per heavy atom. The Morgan fingerprint density at radius 3 is 2.44 bits per heavy atom. The summed E-state index contributed by atoms with van der Waals surface area (Å²) in [6.45, 7) is 10.9. The standard InChI is InChI=1S/C15H28N2O/c1-11(18)16-13-7-12(8-15(2,3)4)9-17(10-13)14-5-6-14/h12-14H,5-10H2,1-4H3,(H,16,18). The summed E-state index contributed by atoms with van der Waals surface area (Å²) in [6, 6.07) is 1.17. The zero-order valence-corrected chi connectivity index (χ0v) is 12.3. The van der Waals surface area contributed by atoms with Gasteiger partial charge >= 0.3 is 0 Å². The maximum Gasteiger partial charge on any atom is 0.217 e. The first-order valence-corrected chi connectivity index (χ1v) is 7.34. The molecule has 2 aliphatic rings. The molecule has 1 aliphatic heterocycles. The zero-order valence-electron chi connectivity index (χ0n) is 12.3. The van der Waals surface area contributed by atoms with Gasteiger partial charge in [0.2, 0.25) is 5.91 Å². The minimum absolute atomic E-state index is 0.118. The van der Waals surface area contributed by atoms with Crippen molar-refractivity contribution in [2.75, 3.05) is 13.1 Å². The third-order valence-electron chi connectivity index (χ3n) is 3.94. The minimum Gasteiger partial charge on any atom is -0.352 e. The monoisotopic (exact) mass is 252 g/mol. The summed E-state index contributed by atoms with van der Waals surface area (Å²) >= 11 is 0. The van der Waals surface area contributed by atoms with Gasteiger partial charge in [-0.3, -0.25) is 9.69 Å². The summed E-state index contributed by atoms with van der Waals surface area (Å²) in [4.78, 5) is 13.9. The normalized spacial score (nSPS) is 30.2. The van der Waals surface area contributed by atoms with E-state index in [1.54, 1.807) is 6.92 Å². The molecule has 0 aromatic carbocycles. The van der Waals surface area contributed by atoms with Gasteiger partial charge in [-0.25, -0.2) is 0 Å². The van der Waals surface area contributed by atoms with Crippen molar-refractivity contribution < 1.29 is 4.79 Å². The molecule has 0 spiro atoms. The first-order valence-electron chi connectivity index (χ1n) is 7.34. The van der Waals surface area contributed by atoms with Gasteiger partial charge in [0.25, 0.3) is 0 Å². The summed E-state index contributed by atoms with van der Waals surface area (Å²) in [6.07, 6.45) is 5.12. The van der Waals surface area contributed by atoms with E-state index in [9.17, 15) is 4.79 Å². The van der Waals surface area contributed by atoms with E-state index >= 15 is 0 Å². The Morgan fingerprint density at radius 2 is 1.94 bits per heavy atom. The van der Waals surface area contributed by atoms with Gasteiger partial charge in [0, 0.05) is 32.1 Å². The quantitative estimate of drug-likeness (QED) is 0.836. The van der Waals surface area contributed by atoms with Crippen LogP contribution < -0.4 is 5.32 Å². The highest BCUT2D eigenvalue weighted by Gasteiger charge is 2.37. The molecule has 0 bridgehead atoms. The smallest absolute Gasteiger partial charge is 0.217 e. The lowest BCUT2D eigenvalue weighted by Gasteiger charge is -2.40. The van der Waals surface area contributed by atoms with E-state index in [1.165, 1.54) is 25.8 Å². The highest BCUT2D eigenvalue weighted by molar-refractivity contribution is 5.73. The van der Waals surface area contributed by atoms with Gasteiger partial charge in [-0.15, -0.1) is 0 Å². The number of carbonyl (C=O) groups excluding carboxylic acids is 1. The largest absolute Gasteiger partial charge is 0.352 e. The third-order valence-corrected chi connectivity index (χ3v) is 3.94. The van der Waals surface area contributed by atoms with E-state index in [-0.39, 0.29) is 5.91 Å². The molecule has 1 N–H and O–H groups in total. The average molecular weight is 252 g/mol. The van der Waals surface area contributed by atoms with Crippen LogP contribution in [0.25, 0.3) is 0 Å². The molecule has 1 heterocycles. The minimum atomic E-state index is 0.118. The fourth-order valence-electron chi connectivity index (χ4n) is 3.38. The molecular weight excluding hydrogens is 224 g/mol. The number of nitrogens with zero attached hydrogens (tertiary/aromatic N) is 1. The summed E-state index contributed by atoms with van der Waals surface area (Å²) in [7, 11) is 0. The number of rotatable bonds is 3. The average Bonchev–Trinajstić information content (AvgIpc) is 2.95. The third kappa shape index (κ3) is 4.27. The van der Waals surface area contributed by atoms with Crippen molar-refractivity contribution in [3.05, 3.63) is 0 Å². The highest BCUT2D eigenvalue weighted by atomic mass is 16.1. The molecule has 2 atom stereocenters. The maximum atomic E-state index is 11.3. The molecule has 3 nitrogen and oxygen atoms in total. The Kier molecular flexibility index (Phi) is 4.00. The molecule has 0 aromatic rings. The van der Waals surface area contributed by atoms with E-state index in [4.69, 9.17) is 0 Å². The van der Waals surface area contributed by atoms with Crippen LogP contribution in [-0.4, -0.2) is 36.0 Å². The molecule has 104 valence electrons. The lowest BCUT2D eigenvalue weighted by molar-refractivity contribution is -0.120. The predicted octanol–water partition coefficient (Wildman–Crippen LogP) is 2.41. The molecule has 1 aliphatic carbocycles. The number of amides is 1. The van der Waals surface area contributed by atoms with E-state index in [0.717, 1.165) is 24.9 Å². The molecule has 18 heavy (non-hydrogen) atoms. The fraction of sp³-hybridized carbons (Fsp3) is 0.933. The molecule has 1 amide bonds. The van der Waals surface area contributed by atoms with Crippen LogP contribution in [0.15, 0.2) is 0 Å². The number of piperidine rings is 1. The van der Waals surface area contributed by atoms with Gasteiger partial charge in [0.15, 0.2) is 0 Å². The molecule has 2 fully saturated rings. The van der Waals surface area contributed by atoms with Crippen LogP contribution in [0.3, 0.4) is 0 Å². The van der Waals surface area contributed by atoms with Crippen LogP contribution in [-0.2, 0) is 4.79 Å². The molecule has 2 unspecified atom stereocenters. The van der Waals surface area contributed by atoms with Crippen LogP contribution in [0.4, 0.5) is 0 Å².